The van der Waals surface area contributed by atoms with Crippen molar-refractivity contribution in [1.29, 1.82) is 0 Å². The van der Waals surface area contributed by atoms with Gasteiger partial charge in [-0.05, 0) is 46.2 Å². The van der Waals surface area contributed by atoms with Crippen molar-refractivity contribution in [3.8, 4) is 0 Å². The molecule has 1 atom stereocenters. The number of amides is 1. The van der Waals surface area contributed by atoms with E-state index in [4.69, 9.17) is 0 Å². The Morgan fingerprint density at radius 1 is 0.895 bits per heavy atom. The molecule has 0 unspecified atom stereocenters. The Morgan fingerprint density at radius 2 is 1.42 bits per heavy atom. The molecule has 0 aromatic heterocycles. The monoisotopic (exact) mass is 270 g/mol. The van der Waals surface area contributed by atoms with Gasteiger partial charge < -0.3 is 9.80 Å². The summed E-state index contributed by atoms with van der Waals surface area (Å²) in [7, 11) is 4.10. The summed E-state index contributed by atoms with van der Waals surface area (Å²) in [4.78, 5) is 16.3. The van der Waals surface area contributed by atoms with Gasteiger partial charge in [0.05, 0.1) is 0 Å². The van der Waals surface area contributed by atoms with Crippen LogP contribution in [0, 0.1) is 11.8 Å². The van der Waals surface area contributed by atoms with E-state index in [0.29, 0.717) is 12.0 Å². The molecule has 0 aliphatic carbocycles. The minimum Gasteiger partial charge on any atom is -0.346 e. The number of nitrogens with zero attached hydrogens (tertiary/aromatic N) is 2. The Balaban J connectivity index is 3.75. The van der Waals surface area contributed by atoms with Crippen LogP contribution >= 0.6 is 0 Å². The molecule has 0 spiro atoms. The highest BCUT2D eigenvalue weighted by atomic mass is 16.2. The molecule has 0 radical (unpaired) electrons. The first-order chi connectivity index (χ1) is 8.77. The normalized spacial score (nSPS) is 13.4. The highest BCUT2D eigenvalue weighted by Gasteiger charge is 2.19. The molecule has 0 saturated heterocycles. The summed E-state index contributed by atoms with van der Waals surface area (Å²) in [6, 6.07) is 0.621. The smallest absolute Gasteiger partial charge is 0.225 e. The fourth-order valence-electron chi connectivity index (χ4n) is 1.89. The van der Waals surface area contributed by atoms with Crippen molar-refractivity contribution in [1.82, 2.24) is 9.80 Å². The minimum atomic E-state index is 0.136. The van der Waals surface area contributed by atoms with Gasteiger partial charge in [0.25, 0.3) is 0 Å². The Labute approximate surface area is 120 Å². The molecule has 3 nitrogen and oxygen atoms in total. The average molecular weight is 270 g/mol. The molecule has 19 heavy (non-hydrogen) atoms. The standard InChI is InChI=1S/C16H34N2O/c1-13(2)15(5)16(19)18(7)12-10-8-9-11-17(6)14(3)4/h13-15H,8-12H2,1-7H3/t15-/m0/s1. The number of unbranched alkanes of at least 4 members (excludes halogenated alkanes) is 2. The van der Waals surface area contributed by atoms with Gasteiger partial charge in [0.1, 0.15) is 0 Å². The second-order valence-electron chi connectivity index (χ2n) is 6.43. The van der Waals surface area contributed by atoms with Gasteiger partial charge in [-0.25, -0.2) is 0 Å². The molecular weight excluding hydrogens is 236 g/mol. The lowest BCUT2D eigenvalue weighted by Crippen LogP contribution is -2.34. The lowest BCUT2D eigenvalue weighted by molar-refractivity contribution is -0.135. The lowest BCUT2D eigenvalue weighted by atomic mass is 9.97. The molecule has 0 saturated carbocycles. The molecule has 1 amide bonds. The molecule has 0 bridgehead atoms. The summed E-state index contributed by atoms with van der Waals surface area (Å²) in [5.41, 5.74) is 0. The van der Waals surface area contributed by atoms with E-state index >= 15 is 0 Å². The first-order valence-electron chi connectivity index (χ1n) is 7.72. The van der Waals surface area contributed by atoms with Crippen molar-refractivity contribution in [3.05, 3.63) is 0 Å². The summed E-state index contributed by atoms with van der Waals surface area (Å²) in [5.74, 6) is 0.848. The van der Waals surface area contributed by atoms with Crippen LogP contribution in [-0.2, 0) is 4.79 Å². The Bertz CT molecular complexity index is 251. The fraction of sp³-hybridized carbons (Fsp3) is 0.938. The highest BCUT2D eigenvalue weighted by Crippen LogP contribution is 2.13. The van der Waals surface area contributed by atoms with Crippen LogP contribution in [0.1, 0.15) is 53.9 Å². The first kappa shape index (κ1) is 18.4. The molecular formula is C16H34N2O. The molecule has 114 valence electrons. The van der Waals surface area contributed by atoms with Gasteiger partial charge in [0.15, 0.2) is 0 Å². The fourth-order valence-corrected chi connectivity index (χ4v) is 1.89. The lowest BCUT2D eigenvalue weighted by Gasteiger charge is -2.24. The van der Waals surface area contributed by atoms with Gasteiger partial charge in [-0.3, -0.25) is 4.79 Å². The van der Waals surface area contributed by atoms with E-state index in [-0.39, 0.29) is 11.8 Å². The van der Waals surface area contributed by atoms with Crippen LogP contribution in [0.5, 0.6) is 0 Å². The van der Waals surface area contributed by atoms with Gasteiger partial charge >= 0.3 is 0 Å². The van der Waals surface area contributed by atoms with Gasteiger partial charge in [0.2, 0.25) is 5.91 Å². The van der Waals surface area contributed by atoms with Gasteiger partial charge in [-0.2, -0.15) is 0 Å². The number of rotatable bonds is 9. The van der Waals surface area contributed by atoms with Crippen LogP contribution in [0.2, 0.25) is 0 Å². The molecule has 0 N–H and O–H groups in total. The van der Waals surface area contributed by atoms with Crippen LogP contribution in [0.15, 0.2) is 0 Å². The molecule has 0 heterocycles. The largest absolute Gasteiger partial charge is 0.346 e. The SMILES string of the molecule is CC(C)[C@H](C)C(=O)N(C)CCCCCN(C)C(C)C. The average Bonchev–Trinajstić information content (AvgIpc) is 2.35. The summed E-state index contributed by atoms with van der Waals surface area (Å²) in [6.07, 6.45) is 3.53. The van der Waals surface area contributed by atoms with E-state index < -0.39 is 0 Å². The molecule has 0 rings (SSSR count). The summed E-state index contributed by atoms with van der Waals surface area (Å²) in [5, 5.41) is 0. The zero-order valence-electron chi connectivity index (χ0n) is 14.1. The van der Waals surface area contributed by atoms with Gasteiger partial charge in [0, 0.05) is 25.6 Å². The third kappa shape index (κ3) is 7.56. The maximum Gasteiger partial charge on any atom is 0.225 e. The summed E-state index contributed by atoms with van der Waals surface area (Å²) >= 11 is 0. The van der Waals surface area contributed by atoms with Crippen LogP contribution < -0.4 is 0 Å². The highest BCUT2D eigenvalue weighted by molar-refractivity contribution is 5.78. The van der Waals surface area contributed by atoms with E-state index in [9.17, 15) is 4.79 Å². The first-order valence-corrected chi connectivity index (χ1v) is 7.72. The van der Waals surface area contributed by atoms with E-state index in [1.807, 2.05) is 18.9 Å². The van der Waals surface area contributed by atoms with E-state index in [0.717, 1.165) is 19.5 Å². The summed E-state index contributed by atoms with van der Waals surface area (Å²) < 4.78 is 0. The Kier molecular flexibility index (Phi) is 9.07. The Morgan fingerprint density at radius 3 is 1.89 bits per heavy atom. The molecule has 0 aliphatic heterocycles. The van der Waals surface area contributed by atoms with Crippen molar-refractivity contribution in [3.63, 3.8) is 0 Å². The topological polar surface area (TPSA) is 23.6 Å². The Hall–Kier alpha value is -0.570. The van der Waals surface area contributed by atoms with Gasteiger partial charge in [-0.1, -0.05) is 27.2 Å². The molecule has 3 heteroatoms. The van der Waals surface area contributed by atoms with E-state index in [1.54, 1.807) is 0 Å². The molecule has 0 aromatic carbocycles. The predicted octanol–water partition coefficient (Wildman–Crippen LogP) is 3.25. The van der Waals surface area contributed by atoms with Crippen molar-refractivity contribution >= 4 is 5.91 Å². The third-order valence-corrected chi connectivity index (χ3v) is 4.15. The van der Waals surface area contributed by atoms with E-state index in [2.05, 4.69) is 39.6 Å². The molecule has 0 aromatic rings. The van der Waals surface area contributed by atoms with Crippen LogP contribution in [0.25, 0.3) is 0 Å². The molecule has 0 aliphatic rings. The zero-order valence-corrected chi connectivity index (χ0v) is 14.1. The van der Waals surface area contributed by atoms with Crippen LogP contribution in [-0.4, -0.2) is 48.9 Å². The zero-order chi connectivity index (χ0) is 15.0. The van der Waals surface area contributed by atoms with Gasteiger partial charge in [-0.15, -0.1) is 0 Å². The van der Waals surface area contributed by atoms with Crippen molar-refractivity contribution in [2.75, 3.05) is 27.2 Å². The number of carbonyl (C=O) groups excluding carboxylic acids is 1. The number of hydrogen-bond acceptors (Lipinski definition) is 2. The van der Waals surface area contributed by atoms with Crippen LogP contribution in [0.3, 0.4) is 0 Å². The number of hydrogen-bond donors (Lipinski definition) is 0. The maximum atomic E-state index is 12.1. The summed E-state index contributed by atoms with van der Waals surface area (Å²) in [6.45, 7) is 12.7. The van der Waals surface area contributed by atoms with Crippen LogP contribution in [0.4, 0.5) is 0 Å². The van der Waals surface area contributed by atoms with E-state index in [1.165, 1.54) is 12.8 Å². The van der Waals surface area contributed by atoms with Crippen molar-refractivity contribution < 1.29 is 4.79 Å². The second-order valence-corrected chi connectivity index (χ2v) is 6.43. The quantitative estimate of drug-likeness (QED) is 0.600. The number of carbonyl (C=O) groups is 1. The second kappa shape index (κ2) is 9.35. The third-order valence-electron chi connectivity index (χ3n) is 4.15. The minimum absolute atomic E-state index is 0.136. The maximum absolute atomic E-state index is 12.1. The van der Waals surface area contributed by atoms with Crippen molar-refractivity contribution in [2.45, 2.75) is 59.9 Å². The predicted molar refractivity (Wildman–Crippen MR) is 83.3 cm³/mol. The molecule has 0 fully saturated rings. The van der Waals surface area contributed by atoms with Crippen molar-refractivity contribution in [2.24, 2.45) is 11.8 Å².